The van der Waals surface area contributed by atoms with E-state index in [1.165, 1.54) is 0 Å². The van der Waals surface area contributed by atoms with Gasteiger partial charge < -0.3 is 9.47 Å². The fourth-order valence-electron chi connectivity index (χ4n) is 2.98. The molecule has 22 heavy (non-hydrogen) atoms. The molecule has 0 N–H and O–H groups in total. The largest absolute Gasteiger partial charge is 0.441 e. The first-order valence-corrected chi connectivity index (χ1v) is 7.23. The zero-order chi connectivity index (χ0) is 15.5. The Morgan fingerprint density at radius 3 is 2.50 bits per heavy atom. The summed E-state index contributed by atoms with van der Waals surface area (Å²) in [5, 5.41) is 0. The lowest BCUT2D eigenvalue weighted by atomic mass is 9.94. The third-order valence-electron chi connectivity index (χ3n) is 4.21. The molecule has 0 saturated carbocycles. The van der Waals surface area contributed by atoms with E-state index >= 15 is 0 Å². The van der Waals surface area contributed by atoms with E-state index in [1.54, 1.807) is 30.3 Å². The molecule has 2 aliphatic heterocycles. The normalized spacial score (nSPS) is 21.8. The highest BCUT2D eigenvalue weighted by Crippen LogP contribution is 2.47. The molecule has 0 saturated heterocycles. The van der Waals surface area contributed by atoms with Crippen LogP contribution in [0.5, 0.6) is 5.75 Å². The summed E-state index contributed by atoms with van der Waals surface area (Å²) in [6.45, 7) is 4.12. The Bertz CT molecular complexity index is 822. The Kier molecular flexibility index (Phi) is 2.49. The molecule has 1 unspecified atom stereocenters. The second-order valence-corrected chi connectivity index (χ2v) is 5.89. The number of carbonyl (C=O) groups is 2. The van der Waals surface area contributed by atoms with Crippen LogP contribution in [0, 0.1) is 0 Å². The summed E-state index contributed by atoms with van der Waals surface area (Å²) in [5.41, 5.74) is 2.38. The summed E-state index contributed by atoms with van der Waals surface area (Å²) >= 11 is 0. The molecule has 4 heteroatoms. The Morgan fingerprint density at radius 2 is 1.73 bits per heavy atom. The number of hydrogen-bond donors (Lipinski definition) is 0. The highest BCUT2D eigenvalue weighted by atomic mass is 16.7. The molecule has 0 bridgehead atoms. The molecular formula is C18H14O4. The number of benzene rings is 2. The maximum absolute atomic E-state index is 12.9. The predicted octanol–water partition coefficient (Wildman–Crippen LogP) is 3.41. The smallest absolute Gasteiger partial charge is 0.347 e. The van der Waals surface area contributed by atoms with E-state index < -0.39 is 11.8 Å². The van der Waals surface area contributed by atoms with Crippen LogP contribution in [0.4, 0.5) is 0 Å². The van der Waals surface area contributed by atoms with Gasteiger partial charge in [0.25, 0.3) is 5.78 Å². The maximum atomic E-state index is 12.9. The van der Waals surface area contributed by atoms with E-state index in [0.29, 0.717) is 28.4 Å². The lowest BCUT2D eigenvalue weighted by molar-refractivity contribution is -0.0978. The highest BCUT2D eigenvalue weighted by molar-refractivity contribution is 6.12. The SMILES string of the molecule is CC(C)c1ccc2c(c1)C(=O)C1(OC(=O)c3ccccc31)O2. The van der Waals surface area contributed by atoms with Gasteiger partial charge in [0, 0.05) is 0 Å². The van der Waals surface area contributed by atoms with E-state index in [0.717, 1.165) is 5.56 Å². The molecular weight excluding hydrogens is 280 g/mol. The van der Waals surface area contributed by atoms with E-state index in [1.807, 2.05) is 12.1 Å². The number of fused-ring (bicyclic) bond motifs is 3. The molecule has 4 nitrogen and oxygen atoms in total. The van der Waals surface area contributed by atoms with Crippen molar-refractivity contribution < 1.29 is 19.1 Å². The number of esters is 1. The first kappa shape index (κ1) is 13.1. The topological polar surface area (TPSA) is 52.6 Å². The van der Waals surface area contributed by atoms with Crippen LogP contribution in [0.3, 0.4) is 0 Å². The zero-order valence-electron chi connectivity index (χ0n) is 12.3. The minimum atomic E-state index is -1.65. The van der Waals surface area contributed by atoms with Gasteiger partial charge in [-0.05, 0) is 35.7 Å². The molecule has 2 aromatic rings. The molecule has 2 aromatic carbocycles. The number of carbonyl (C=O) groups excluding carboxylic acids is 2. The number of ketones is 1. The molecule has 1 spiro atoms. The van der Waals surface area contributed by atoms with Crippen molar-refractivity contribution in [3.63, 3.8) is 0 Å². The van der Waals surface area contributed by atoms with Gasteiger partial charge in [0.1, 0.15) is 5.75 Å². The Morgan fingerprint density at radius 1 is 0.955 bits per heavy atom. The molecule has 1 atom stereocenters. The minimum Gasteiger partial charge on any atom is -0.441 e. The van der Waals surface area contributed by atoms with Crippen LogP contribution in [0.2, 0.25) is 0 Å². The molecule has 110 valence electrons. The van der Waals surface area contributed by atoms with Crippen LogP contribution in [0.15, 0.2) is 42.5 Å². The van der Waals surface area contributed by atoms with Gasteiger partial charge in [0.2, 0.25) is 0 Å². The van der Waals surface area contributed by atoms with Crippen LogP contribution in [0.1, 0.15) is 51.6 Å². The average Bonchev–Trinajstić information content (AvgIpc) is 2.96. The summed E-state index contributed by atoms with van der Waals surface area (Å²) in [7, 11) is 0. The lowest BCUT2D eigenvalue weighted by Crippen LogP contribution is -2.37. The quantitative estimate of drug-likeness (QED) is 0.756. The van der Waals surface area contributed by atoms with Crippen molar-refractivity contribution in [2.75, 3.05) is 0 Å². The first-order valence-electron chi connectivity index (χ1n) is 7.23. The van der Waals surface area contributed by atoms with Crippen molar-refractivity contribution in [3.05, 3.63) is 64.7 Å². The van der Waals surface area contributed by atoms with Crippen molar-refractivity contribution in [1.82, 2.24) is 0 Å². The molecule has 0 radical (unpaired) electrons. The van der Waals surface area contributed by atoms with Crippen molar-refractivity contribution in [2.45, 2.75) is 25.6 Å². The van der Waals surface area contributed by atoms with E-state index in [4.69, 9.17) is 9.47 Å². The second-order valence-electron chi connectivity index (χ2n) is 5.89. The number of Topliss-reactive ketones (excluding diaryl/α,β-unsaturated/α-hetero) is 1. The second kappa shape index (κ2) is 4.19. The third-order valence-corrected chi connectivity index (χ3v) is 4.21. The molecule has 2 heterocycles. The fourth-order valence-corrected chi connectivity index (χ4v) is 2.98. The molecule has 4 rings (SSSR count). The van der Waals surface area contributed by atoms with Crippen LogP contribution in [0.25, 0.3) is 0 Å². The van der Waals surface area contributed by atoms with E-state index in [9.17, 15) is 9.59 Å². The summed E-state index contributed by atoms with van der Waals surface area (Å²) in [5.74, 6) is -1.73. The van der Waals surface area contributed by atoms with Gasteiger partial charge in [0.15, 0.2) is 0 Å². The zero-order valence-corrected chi connectivity index (χ0v) is 12.3. The van der Waals surface area contributed by atoms with Crippen molar-refractivity contribution in [3.8, 4) is 5.75 Å². The third kappa shape index (κ3) is 1.52. The number of ether oxygens (including phenoxy) is 2. The highest BCUT2D eigenvalue weighted by Gasteiger charge is 2.58. The van der Waals surface area contributed by atoms with Gasteiger partial charge in [-0.15, -0.1) is 0 Å². The maximum Gasteiger partial charge on any atom is 0.347 e. The molecule has 2 aliphatic rings. The summed E-state index contributed by atoms with van der Waals surface area (Å²) < 4.78 is 11.2. The van der Waals surface area contributed by atoms with Crippen molar-refractivity contribution in [2.24, 2.45) is 0 Å². The van der Waals surface area contributed by atoms with Crippen LogP contribution in [-0.2, 0) is 10.5 Å². The molecule has 0 fully saturated rings. The lowest BCUT2D eigenvalue weighted by Gasteiger charge is -2.20. The Balaban J connectivity index is 1.88. The molecule has 0 aromatic heterocycles. The Labute approximate surface area is 127 Å². The minimum absolute atomic E-state index is 0.299. The van der Waals surface area contributed by atoms with Crippen LogP contribution >= 0.6 is 0 Å². The van der Waals surface area contributed by atoms with Crippen LogP contribution in [-0.4, -0.2) is 11.8 Å². The Hall–Kier alpha value is -2.62. The number of hydrogen-bond acceptors (Lipinski definition) is 4. The summed E-state index contributed by atoms with van der Waals surface area (Å²) in [6.07, 6.45) is 0. The summed E-state index contributed by atoms with van der Waals surface area (Å²) in [6, 6.07) is 12.4. The van der Waals surface area contributed by atoms with Gasteiger partial charge in [-0.25, -0.2) is 4.79 Å². The fraction of sp³-hybridized carbons (Fsp3) is 0.222. The standard InChI is InChI=1S/C18H14O4/c1-10(2)11-7-8-15-13(9-11)16(19)18(21-15)14-6-4-3-5-12(14)17(20)22-18/h3-10H,1-2H3. The molecule has 0 aliphatic carbocycles. The predicted molar refractivity (Wildman–Crippen MR) is 79.0 cm³/mol. The van der Waals surface area contributed by atoms with Gasteiger partial charge >= 0.3 is 11.8 Å². The first-order chi connectivity index (χ1) is 10.5. The van der Waals surface area contributed by atoms with Gasteiger partial charge in [-0.3, -0.25) is 4.79 Å². The van der Waals surface area contributed by atoms with Crippen LogP contribution < -0.4 is 4.74 Å². The average molecular weight is 294 g/mol. The summed E-state index contributed by atoms with van der Waals surface area (Å²) in [4.78, 5) is 24.9. The van der Waals surface area contributed by atoms with Gasteiger partial charge in [-0.1, -0.05) is 32.0 Å². The van der Waals surface area contributed by atoms with E-state index in [2.05, 4.69) is 13.8 Å². The van der Waals surface area contributed by atoms with Gasteiger partial charge in [-0.2, -0.15) is 0 Å². The number of rotatable bonds is 1. The monoisotopic (exact) mass is 294 g/mol. The van der Waals surface area contributed by atoms with Crippen molar-refractivity contribution in [1.29, 1.82) is 0 Å². The molecule has 0 amide bonds. The van der Waals surface area contributed by atoms with Crippen molar-refractivity contribution >= 4 is 11.8 Å². The van der Waals surface area contributed by atoms with Gasteiger partial charge in [0.05, 0.1) is 16.7 Å². The van der Waals surface area contributed by atoms with E-state index in [-0.39, 0.29) is 5.78 Å².